The largest absolute Gasteiger partial charge is 0.339 e. The van der Waals surface area contributed by atoms with Gasteiger partial charge in [0, 0.05) is 23.7 Å². The van der Waals surface area contributed by atoms with Crippen LogP contribution in [-0.4, -0.2) is 24.8 Å². The van der Waals surface area contributed by atoms with E-state index in [4.69, 9.17) is 0 Å². The predicted octanol–water partition coefficient (Wildman–Crippen LogP) is 7.13. The average Bonchev–Trinajstić information content (AvgIpc) is 2.97. The Labute approximate surface area is 236 Å². The number of fused-ring (bicyclic) bond motifs is 3. The summed E-state index contributed by atoms with van der Waals surface area (Å²) in [6, 6.07) is 24.4. The van der Waals surface area contributed by atoms with Gasteiger partial charge in [-0.15, -0.1) is 0 Å². The number of sulfonamides is 1. The molecule has 0 bridgehead atoms. The van der Waals surface area contributed by atoms with Gasteiger partial charge in [0.05, 0.1) is 27.9 Å². The molecule has 41 heavy (non-hydrogen) atoms. The van der Waals surface area contributed by atoms with Crippen LogP contribution < -0.4 is 0 Å². The molecule has 204 valence electrons. The molecule has 4 aromatic carbocycles. The number of Topliss-reactive ketones (excluding diaryl/α,β-unsaturated/α-hetero) is 1. The summed E-state index contributed by atoms with van der Waals surface area (Å²) >= 11 is 0. The van der Waals surface area contributed by atoms with Gasteiger partial charge >= 0.3 is 0 Å². The van der Waals surface area contributed by atoms with Crippen molar-refractivity contribution in [3.8, 4) is 0 Å². The van der Waals surface area contributed by atoms with E-state index in [0.29, 0.717) is 11.3 Å². The van der Waals surface area contributed by atoms with E-state index >= 15 is 0 Å². The third kappa shape index (κ3) is 5.02. The molecule has 0 saturated carbocycles. The van der Waals surface area contributed by atoms with Crippen LogP contribution in [0, 0.1) is 18.6 Å². The topological polar surface area (TPSA) is 66.8 Å². The maximum atomic E-state index is 14.2. The summed E-state index contributed by atoms with van der Waals surface area (Å²) in [6.45, 7) is 1.85. The molecule has 0 spiro atoms. The molecule has 5 nitrogen and oxygen atoms in total. The summed E-state index contributed by atoms with van der Waals surface area (Å²) in [5.74, 6) is -1.38. The molecule has 6 rings (SSSR count). The highest BCUT2D eigenvalue weighted by atomic mass is 32.2. The molecule has 0 radical (unpaired) electrons. The second kappa shape index (κ2) is 10.4. The predicted molar refractivity (Wildman–Crippen MR) is 155 cm³/mol. The number of ketones is 1. The highest BCUT2D eigenvalue weighted by Crippen LogP contribution is 2.45. The molecule has 0 aromatic heterocycles. The van der Waals surface area contributed by atoms with E-state index in [1.165, 1.54) is 48.5 Å². The number of nitrogens with zero attached hydrogens (tertiary/aromatic N) is 2. The number of carbonyl (C=O) groups is 1. The van der Waals surface area contributed by atoms with E-state index in [1.807, 2.05) is 48.4 Å². The van der Waals surface area contributed by atoms with Crippen LogP contribution in [0.4, 0.5) is 8.78 Å². The zero-order valence-electron chi connectivity index (χ0n) is 22.0. The molecule has 0 amide bonds. The van der Waals surface area contributed by atoms with Crippen LogP contribution in [0.3, 0.4) is 0 Å². The van der Waals surface area contributed by atoms with Crippen molar-refractivity contribution in [3.63, 3.8) is 0 Å². The van der Waals surface area contributed by atoms with Crippen LogP contribution in [0.2, 0.25) is 0 Å². The Morgan fingerprint density at radius 1 is 0.854 bits per heavy atom. The van der Waals surface area contributed by atoms with Crippen molar-refractivity contribution in [2.24, 2.45) is 4.40 Å². The van der Waals surface area contributed by atoms with Gasteiger partial charge < -0.3 is 4.90 Å². The van der Waals surface area contributed by atoms with Crippen molar-refractivity contribution < 1.29 is 22.0 Å². The molecule has 0 saturated heterocycles. The molecule has 2 aliphatic rings. The molecule has 2 heterocycles. The Morgan fingerprint density at radius 3 is 2.17 bits per heavy atom. The number of aryl methyl sites for hydroxylation is 1. The van der Waals surface area contributed by atoms with Crippen molar-refractivity contribution >= 4 is 33.3 Å². The smallest absolute Gasteiger partial charge is 0.282 e. The third-order valence-electron chi connectivity index (χ3n) is 7.27. The standard InChI is InChI=1S/C33H24F2N2O3S/c1-21-6-16-27(17-7-21)41(39,40)36-29-20-30(23-8-12-25(34)13-9-23)37-19-18-22-4-2-3-5-28(22)32(37)31(29)33(38)24-10-14-26(35)15-11-24/h2-19,30H,20H2,1H3/b36-29+. The summed E-state index contributed by atoms with van der Waals surface area (Å²) in [5.41, 5.74) is 4.03. The molecule has 1 atom stereocenters. The van der Waals surface area contributed by atoms with Gasteiger partial charge in [-0.1, -0.05) is 54.1 Å². The Hall–Kier alpha value is -4.69. The fourth-order valence-corrected chi connectivity index (χ4v) is 6.26. The lowest BCUT2D eigenvalue weighted by Crippen LogP contribution is -2.36. The van der Waals surface area contributed by atoms with Crippen LogP contribution in [0.5, 0.6) is 0 Å². The van der Waals surface area contributed by atoms with Crippen molar-refractivity contribution in [2.75, 3.05) is 0 Å². The van der Waals surface area contributed by atoms with Crippen LogP contribution in [0.1, 0.15) is 45.1 Å². The number of hydrogen-bond acceptors (Lipinski definition) is 4. The first-order chi connectivity index (χ1) is 19.7. The molecular weight excluding hydrogens is 542 g/mol. The Morgan fingerprint density at radius 2 is 1.49 bits per heavy atom. The lowest BCUT2D eigenvalue weighted by atomic mass is 9.82. The minimum Gasteiger partial charge on any atom is -0.339 e. The van der Waals surface area contributed by atoms with Crippen LogP contribution >= 0.6 is 0 Å². The zero-order chi connectivity index (χ0) is 28.7. The number of hydrogen-bond donors (Lipinski definition) is 0. The number of benzene rings is 4. The van der Waals surface area contributed by atoms with Crippen LogP contribution in [-0.2, 0) is 10.0 Å². The van der Waals surface area contributed by atoms with E-state index in [0.717, 1.165) is 16.7 Å². The SMILES string of the molecule is Cc1ccc(S(=O)(=O)/N=C2\CC(c3ccc(F)cc3)N3C=Cc4ccccc4C3=C2C(=O)c2ccc(F)cc2)cc1. The molecule has 1 unspecified atom stereocenters. The maximum absolute atomic E-state index is 14.2. The van der Waals surface area contributed by atoms with E-state index < -0.39 is 33.5 Å². The Bertz CT molecular complexity index is 1860. The lowest BCUT2D eigenvalue weighted by molar-refractivity contribution is 0.103. The van der Waals surface area contributed by atoms with Crippen LogP contribution in [0.25, 0.3) is 11.8 Å². The molecule has 0 fully saturated rings. The normalized spacial score (nSPS) is 17.4. The quantitative estimate of drug-likeness (QED) is 0.241. The minimum absolute atomic E-state index is 0.00103. The fraction of sp³-hybridized carbons (Fsp3) is 0.0909. The van der Waals surface area contributed by atoms with Gasteiger partial charge in [-0.2, -0.15) is 12.8 Å². The van der Waals surface area contributed by atoms with Gasteiger partial charge in [-0.3, -0.25) is 4.79 Å². The highest BCUT2D eigenvalue weighted by molar-refractivity contribution is 7.90. The monoisotopic (exact) mass is 566 g/mol. The molecule has 8 heteroatoms. The summed E-state index contributed by atoms with van der Waals surface area (Å²) in [6.07, 6.45) is 3.81. The van der Waals surface area contributed by atoms with E-state index in [9.17, 15) is 22.0 Å². The van der Waals surface area contributed by atoms with Gasteiger partial charge in [0.25, 0.3) is 10.0 Å². The first kappa shape index (κ1) is 26.5. The van der Waals surface area contributed by atoms with Crippen molar-refractivity contribution in [1.82, 2.24) is 4.90 Å². The van der Waals surface area contributed by atoms with Crippen molar-refractivity contribution in [3.05, 3.63) is 148 Å². The highest BCUT2D eigenvalue weighted by Gasteiger charge is 2.39. The fourth-order valence-electron chi connectivity index (χ4n) is 5.21. The van der Waals surface area contributed by atoms with E-state index in [2.05, 4.69) is 4.40 Å². The number of rotatable bonds is 5. The molecular formula is C33H24F2N2O3S. The van der Waals surface area contributed by atoms with E-state index in [1.54, 1.807) is 24.3 Å². The molecule has 0 N–H and O–H groups in total. The number of carbonyl (C=O) groups excluding carboxylic acids is 1. The first-order valence-corrected chi connectivity index (χ1v) is 14.4. The molecule has 0 aliphatic carbocycles. The summed E-state index contributed by atoms with van der Waals surface area (Å²) < 4.78 is 59.1. The zero-order valence-corrected chi connectivity index (χ0v) is 22.8. The summed E-state index contributed by atoms with van der Waals surface area (Å²) in [7, 11) is -4.21. The van der Waals surface area contributed by atoms with Gasteiger partial charge in [0.1, 0.15) is 11.6 Å². The average molecular weight is 567 g/mol. The second-order valence-electron chi connectivity index (χ2n) is 9.97. The van der Waals surface area contributed by atoms with Crippen molar-refractivity contribution in [2.45, 2.75) is 24.3 Å². The van der Waals surface area contributed by atoms with Gasteiger partial charge in [0.15, 0.2) is 5.78 Å². The summed E-state index contributed by atoms with van der Waals surface area (Å²) in [4.78, 5) is 16.1. The maximum Gasteiger partial charge on any atom is 0.282 e. The van der Waals surface area contributed by atoms with Crippen LogP contribution in [0.15, 0.2) is 118 Å². The second-order valence-corrected chi connectivity index (χ2v) is 11.6. The first-order valence-electron chi connectivity index (χ1n) is 13.0. The molecule has 2 aliphatic heterocycles. The van der Waals surface area contributed by atoms with Crippen molar-refractivity contribution in [1.29, 1.82) is 0 Å². The van der Waals surface area contributed by atoms with Gasteiger partial charge in [-0.25, -0.2) is 8.78 Å². The Balaban J connectivity index is 1.63. The number of allylic oxidation sites excluding steroid dienone is 1. The third-order valence-corrected chi connectivity index (χ3v) is 8.60. The van der Waals surface area contributed by atoms with Gasteiger partial charge in [0.2, 0.25) is 0 Å². The Kier molecular flexibility index (Phi) is 6.71. The number of halogens is 2. The lowest BCUT2D eigenvalue weighted by Gasteiger charge is -2.41. The van der Waals surface area contributed by atoms with Gasteiger partial charge in [-0.05, 0) is 72.7 Å². The van der Waals surface area contributed by atoms with E-state index in [-0.39, 0.29) is 28.2 Å². The molecule has 4 aromatic rings. The minimum atomic E-state index is -4.21. The summed E-state index contributed by atoms with van der Waals surface area (Å²) in [5, 5.41) is 0.